The van der Waals surface area contributed by atoms with Crippen LogP contribution in [-0.2, 0) is 17.6 Å². The lowest BCUT2D eigenvalue weighted by atomic mass is 10.1. The Balaban J connectivity index is 1.49. The van der Waals surface area contributed by atoms with Crippen molar-refractivity contribution in [3.05, 3.63) is 100 Å². The van der Waals surface area contributed by atoms with Gasteiger partial charge in [0, 0.05) is 23.7 Å². The minimum atomic E-state index is 0.0707. The second-order valence-electron chi connectivity index (χ2n) is 7.26. The molecule has 28 heavy (non-hydrogen) atoms. The number of benzene rings is 2. The zero-order chi connectivity index (χ0) is 19.3. The topological polar surface area (TPSA) is 33.2 Å². The summed E-state index contributed by atoms with van der Waals surface area (Å²) in [5, 5.41) is 0.740. The van der Waals surface area contributed by atoms with E-state index in [0.29, 0.717) is 6.42 Å². The summed E-state index contributed by atoms with van der Waals surface area (Å²) in [4.78, 5) is 19.8. The van der Waals surface area contributed by atoms with Crippen LogP contribution in [-0.4, -0.2) is 22.3 Å². The molecule has 1 aliphatic heterocycles. The number of nitrogens with zero attached hydrogens (tertiary/aromatic N) is 2. The van der Waals surface area contributed by atoms with Crippen LogP contribution < -0.4 is 0 Å². The van der Waals surface area contributed by atoms with Crippen molar-refractivity contribution in [1.29, 1.82) is 0 Å². The Morgan fingerprint density at radius 1 is 0.964 bits per heavy atom. The number of hydrogen-bond acceptors (Lipinski definition) is 2. The molecule has 4 heteroatoms. The first kappa shape index (κ1) is 18.7. The van der Waals surface area contributed by atoms with E-state index in [9.17, 15) is 4.79 Å². The maximum absolute atomic E-state index is 12.9. The smallest absolute Gasteiger partial charge is 0.227 e. The van der Waals surface area contributed by atoms with Gasteiger partial charge < -0.3 is 4.90 Å². The summed E-state index contributed by atoms with van der Waals surface area (Å²) in [5.74, 6) is 0.179. The van der Waals surface area contributed by atoms with Gasteiger partial charge in [-0.3, -0.25) is 9.78 Å². The summed E-state index contributed by atoms with van der Waals surface area (Å²) in [6.45, 7) is 0.805. The fourth-order valence-corrected chi connectivity index (χ4v) is 3.96. The summed E-state index contributed by atoms with van der Waals surface area (Å²) in [6, 6.07) is 24.0. The molecule has 1 atom stereocenters. The number of carbonyl (C=O) groups is 1. The quantitative estimate of drug-likeness (QED) is 0.597. The third kappa shape index (κ3) is 4.42. The standard InChI is InChI=1S/C24H23ClN2O/c25-20-13-11-19(12-14-20)16-21-8-4-9-22(26-21)23-10-5-15-27(23)24(28)17-18-6-2-1-3-7-18/h1-4,6-9,11-14,23H,5,10,15-17H2/t23-/m0/s1. The summed E-state index contributed by atoms with van der Waals surface area (Å²) >= 11 is 5.98. The number of aromatic nitrogens is 1. The Bertz CT molecular complexity index is 940. The minimum absolute atomic E-state index is 0.0707. The van der Waals surface area contributed by atoms with Gasteiger partial charge in [-0.15, -0.1) is 0 Å². The van der Waals surface area contributed by atoms with E-state index < -0.39 is 0 Å². The van der Waals surface area contributed by atoms with E-state index in [4.69, 9.17) is 16.6 Å². The largest absolute Gasteiger partial charge is 0.334 e. The van der Waals surface area contributed by atoms with Gasteiger partial charge in [-0.1, -0.05) is 60.1 Å². The fraction of sp³-hybridized carbons (Fsp3) is 0.250. The van der Waals surface area contributed by atoms with Gasteiger partial charge in [-0.05, 0) is 48.2 Å². The first-order valence-corrected chi connectivity index (χ1v) is 10.1. The molecule has 0 unspecified atom stereocenters. The van der Waals surface area contributed by atoms with Crippen LogP contribution in [0.5, 0.6) is 0 Å². The maximum atomic E-state index is 12.9. The number of pyridine rings is 1. The maximum Gasteiger partial charge on any atom is 0.227 e. The van der Waals surface area contributed by atoms with E-state index in [1.807, 2.05) is 77.7 Å². The van der Waals surface area contributed by atoms with Crippen molar-refractivity contribution in [2.45, 2.75) is 31.7 Å². The molecule has 0 aliphatic carbocycles. The van der Waals surface area contributed by atoms with Gasteiger partial charge in [-0.2, -0.15) is 0 Å². The van der Waals surface area contributed by atoms with Gasteiger partial charge in [0.15, 0.2) is 0 Å². The predicted octanol–water partition coefficient (Wildman–Crippen LogP) is 5.23. The normalized spacial score (nSPS) is 16.3. The molecule has 142 valence electrons. The Morgan fingerprint density at radius 2 is 1.75 bits per heavy atom. The minimum Gasteiger partial charge on any atom is -0.334 e. The van der Waals surface area contributed by atoms with Crippen molar-refractivity contribution in [1.82, 2.24) is 9.88 Å². The molecule has 0 bridgehead atoms. The molecule has 2 aromatic carbocycles. The Kier molecular flexibility index (Phi) is 5.73. The summed E-state index contributed by atoms with van der Waals surface area (Å²) < 4.78 is 0. The summed E-state index contributed by atoms with van der Waals surface area (Å²) in [6.07, 6.45) is 3.20. The van der Waals surface area contributed by atoms with Gasteiger partial charge in [0.2, 0.25) is 5.91 Å². The molecule has 4 rings (SSSR count). The van der Waals surface area contributed by atoms with E-state index in [-0.39, 0.29) is 11.9 Å². The van der Waals surface area contributed by atoms with Crippen LogP contribution in [0.4, 0.5) is 0 Å². The Labute approximate surface area is 171 Å². The molecule has 3 nitrogen and oxygen atoms in total. The number of halogens is 1. The van der Waals surface area contributed by atoms with Gasteiger partial charge in [-0.25, -0.2) is 0 Å². The molecule has 0 radical (unpaired) electrons. The highest BCUT2D eigenvalue weighted by atomic mass is 35.5. The third-order valence-electron chi connectivity index (χ3n) is 5.24. The number of likely N-dealkylation sites (tertiary alicyclic amines) is 1. The lowest BCUT2D eigenvalue weighted by Crippen LogP contribution is -2.32. The van der Waals surface area contributed by atoms with Crippen molar-refractivity contribution in [2.24, 2.45) is 0 Å². The van der Waals surface area contributed by atoms with E-state index in [1.165, 1.54) is 5.56 Å². The first-order valence-electron chi connectivity index (χ1n) is 9.73. The lowest BCUT2D eigenvalue weighted by Gasteiger charge is -2.25. The molecule has 3 aromatic rings. The average Bonchev–Trinajstić information content (AvgIpc) is 3.21. The second-order valence-corrected chi connectivity index (χ2v) is 7.70. The van der Waals surface area contributed by atoms with E-state index in [2.05, 4.69) is 0 Å². The van der Waals surface area contributed by atoms with Crippen LogP contribution >= 0.6 is 11.6 Å². The van der Waals surface area contributed by atoms with Crippen molar-refractivity contribution >= 4 is 17.5 Å². The number of amides is 1. The molecular weight excluding hydrogens is 368 g/mol. The number of hydrogen-bond donors (Lipinski definition) is 0. The predicted molar refractivity (Wildman–Crippen MR) is 112 cm³/mol. The monoisotopic (exact) mass is 390 g/mol. The summed E-state index contributed by atoms with van der Waals surface area (Å²) in [7, 11) is 0. The highest BCUT2D eigenvalue weighted by Gasteiger charge is 2.30. The highest BCUT2D eigenvalue weighted by molar-refractivity contribution is 6.30. The molecule has 2 heterocycles. The number of rotatable bonds is 5. The molecule has 1 aliphatic rings. The van der Waals surface area contributed by atoms with Gasteiger partial charge >= 0.3 is 0 Å². The molecule has 0 N–H and O–H groups in total. The fourth-order valence-electron chi connectivity index (χ4n) is 3.84. The van der Waals surface area contributed by atoms with Crippen molar-refractivity contribution in [3.8, 4) is 0 Å². The van der Waals surface area contributed by atoms with Crippen molar-refractivity contribution < 1.29 is 4.79 Å². The molecular formula is C24H23ClN2O. The second kappa shape index (κ2) is 8.57. The first-order chi connectivity index (χ1) is 13.7. The summed E-state index contributed by atoms with van der Waals surface area (Å²) in [5.41, 5.74) is 4.24. The molecule has 0 spiro atoms. The zero-order valence-electron chi connectivity index (χ0n) is 15.7. The third-order valence-corrected chi connectivity index (χ3v) is 5.49. The molecule has 1 amide bonds. The number of carbonyl (C=O) groups excluding carboxylic acids is 1. The van der Waals surface area contributed by atoms with Crippen molar-refractivity contribution in [2.75, 3.05) is 6.54 Å². The van der Waals surface area contributed by atoms with Gasteiger partial charge in [0.05, 0.1) is 18.2 Å². The van der Waals surface area contributed by atoms with E-state index >= 15 is 0 Å². The Morgan fingerprint density at radius 3 is 2.54 bits per heavy atom. The van der Waals surface area contributed by atoms with Crippen LogP contribution in [0.15, 0.2) is 72.8 Å². The molecule has 1 saturated heterocycles. The van der Waals surface area contributed by atoms with Crippen LogP contribution in [0.25, 0.3) is 0 Å². The zero-order valence-corrected chi connectivity index (χ0v) is 16.5. The highest BCUT2D eigenvalue weighted by Crippen LogP contribution is 2.31. The Hall–Kier alpha value is -2.65. The molecule has 0 saturated carbocycles. The lowest BCUT2D eigenvalue weighted by molar-refractivity contribution is -0.131. The van der Waals surface area contributed by atoms with E-state index in [0.717, 1.165) is 47.8 Å². The van der Waals surface area contributed by atoms with Crippen LogP contribution in [0.2, 0.25) is 5.02 Å². The van der Waals surface area contributed by atoms with Crippen LogP contribution in [0.3, 0.4) is 0 Å². The molecule has 1 aromatic heterocycles. The van der Waals surface area contributed by atoms with Crippen LogP contribution in [0, 0.1) is 0 Å². The van der Waals surface area contributed by atoms with Crippen molar-refractivity contribution in [3.63, 3.8) is 0 Å². The van der Waals surface area contributed by atoms with E-state index in [1.54, 1.807) is 0 Å². The van der Waals surface area contributed by atoms with Gasteiger partial charge in [0.25, 0.3) is 0 Å². The van der Waals surface area contributed by atoms with Crippen LogP contribution in [0.1, 0.15) is 41.4 Å². The SMILES string of the molecule is O=C(Cc1ccccc1)N1CCC[C@H]1c1cccc(Cc2ccc(Cl)cc2)n1. The van der Waals surface area contributed by atoms with Gasteiger partial charge in [0.1, 0.15) is 0 Å². The average molecular weight is 391 g/mol. The molecule has 1 fully saturated rings.